The molecule has 0 unspecified atom stereocenters. The van der Waals surface area contributed by atoms with E-state index in [1.807, 2.05) is 30.3 Å². The molecule has 0 atom stereocenters. The molecular weight excluding hydrogens is 841 g/mol. The van der Waals surface area contributed by atoms with Crippen molar-refractivity contribution in [1.29, 1.82) is 0 Å². The number of carboxylic acids is 1. The maximum absolute atomic E-state index is 13.5. The van der Waals surface area contributed by atoms with E-state index in [2.05, 4.69) is 20.8 Å². The van der Waals surface area contributed by atoms with Crippen molar-refractivity contribution < 1.29 is 43.2 Å². The van der Waals surface area contributed by atoms with Crippen LogP contribution in [0.25, 0.3) is 21.5 Å². The van der Waals surface area contributed by atoms with Crippen LogP contribution >= 0.6 is 0 Å². The Balaban J connectivity index is 1.52. The molecule has 0 saturated heterocycles. The number of fused-ring (bicyclic) bond motifs is 2. The van der Waals surface area contributed by atoms with Crippen molar-refractivity contribution in [2.45, 2.75) is 220 Å². The van der Waals surface area contributed by atoms with Gasteiger partial charge in [-0.15, -0.1) is 0 Å². The van der Waals surface area contributed by atoms with Crippen molar-refractivity contribution >= 4 is 45.4 Å². The number of rotatable bonds is 37. The summed E-state index contributed by atoms with van der Waals surface area (Å²) in [6, 6.07) is 18.0. The van der Waals surface area contributed by atoms with Crippen LogP contribution < -0.4 is 18.9 Å². The third-order valence-corrected chi connectivity index (χ3v) is 12.6. The summed E-state index contributed by atoms with van der Waals surface area (Å²) in [7, 11) is 0. The molecule has 0 amide bonds. The third kappa shape index (κ3) is 21.7. The number of aromatic carboxylic acids is 1. The summed E-state index contributed by atoms with van der Waals surface area (Å²) < 4.78 is 24.3. The second-order valence-electron chi connectivity index (χ2n) is 18.6. The lowest BCUT2D eigenvalue weighted by atomic mass is 10.0. The monoisotopic (exact) mass is 923 g/mol. The molecule has 4 rings (SSSR count). The Morgan fingerprint density at radius 1 is 0.403 bits per heavy atom. The van der Waals surface area contributed by atoms with Crippen LogP contribution in [-0.4, -0.2) is 29.0 Å². The normalized spacial score (nSPS) is 11.3. The van der Waals surface area contributed by atoms with Crippen LogP contribution in [0.4, 0.5) is 0 Å². The van der Waals surface area contributed by atoms with E-state index in [-0.39, 0.29) is 48.7 Å². The number of benzene rings is 4. The fourth-order valence-electron chi connectivity index (χ4n) is 8.58. The van der Waals surface area contributed by atoms with Crippen molar-refractivity contribution in [1.82, 2.24) is 0 Å². The molecule has 9 nitrogen and oxygen atoms in total. The van der Waals surface area contributed by atoms with Gasteiger partial charge in [0.05, 0.1) is 5.56 Å². The van der Waals surface area contributed by atoms with Gasteiger partial charge in [0, 0.05) is 19.3 Å². The molecule has 0 aliphatic carbocycles. The van der Waals surface area contributed by atoms with E-state index in [9.17, 15) is 24.3 Å². The standard InChI is InChI=1S/C58H82O9/c1-4-7-10-13-16-19-22-25-28-31-54(59)65-52-38-45(44-64-51-37-36-47-40-49-42-48(58(62)63)35-34-46(49)41-50(47)43-51)39-53(66-55(60)32-29-26-23-20-17-14-11-8-5-2)57(52)67-56(61)33-30-27-24-21-18-15-12-9-6-3/h34-43H,4-33,44H2,1-3H3,(H,62,63). The molecule has 0 fully saturated rings. The van der Waals surface area contributed by atoms with Crippen molar-refractivity contribution in [2.24, 2.45) is 0 Å². The summed E-state index contributed by atoms with van der Waals surface area (Å²) in [6.07, 6.45) is 30.7. The Hall–Kier alpha value is -4.92. The van der Waals surface area contributed by atoms with Crippen LogP contribution in [0, 0.1) is 0 Å². The summed E-state index contributed by atoms with van der Waals surface area (Å²) in [5, 5.41) is 13.1. The molecular formula is C58H82O9. The fraction of sp³-hybridized carbons (Fsp3) is 0.586. The van der Waals surface area contributed by atoms with Gasteiger partial charge in [-0.1, -0.05) is 187 Å². The van der Waals surface area contributed by atoms with E-state index < -0.39 is 23.9 Å². The molecule has 0 heterocycles. The number of esters is 3. The van der Waals surface area contributed by atoms with Gasteiger partial charge >= 0.3 is 23.9 Å². The van der Waals surface area contributed by atoms with Gasteiger partial charge in [0.15, 0.2) is 11.5 Å². The zero-order chi connectivity index (χ0) is 47.9. The first-order chi connectivity index (χ1) is 32.7. The Labute approximate surface area is 402 Å². The number of hydrogen-bond acceptors (Lipinski definition) is 8. The van der Waals surface area contributed by atoms with E-state index in [0.717, 1.165) is 79.3 Å². The van der Waals surface area contributed by atoms with Gasteiger partial charge in [-0.2, -0.15) is 0 Å². The topological polar surface area (TPSA) is 125 Å². The quantitative estimate of drug-likeness (QED) is 0.0204. The summed E-state index contributed by atoms with van der Waals surface area (Å²) >= 11 is 0. The predicted octanol–water partition coefficient (Wildman–Crippen LogP) is 16.7. The molecule has 0 spiro atoms. The number of hydrogen-bond donors (Lipinski definition) is 1. The van der Waals surface area contributed by atoms with Gasteiger partial charge in [-0.05, 0) is 94.9 Å². The smallest absolute Gasteiger partial charge is 0.335 e. The van der Waals surface area contributed by atoms with Crippen LogP contribution in [0.2, 0.25) is 0 Å². The summed E-state index contributed by atoms with van der Waals surface area (Å²) in [6.45, 7) is 6.70. The second-order valence-corrected chi connectivity index (χ2v) is 18.6. The minimum absolute atomic E-state index is 0.0269. The molecule has 67 heavy (non-hydrogen) atoms. The molecule has 4 aromatic rings. The van der Waals surface area contributed by atoms with Gasteiger partial charge in [-0.3, -0.25) is 14.4 Å². The van der Waals surface area contributed by atoms with E-state index in [1.54, 1.807) is 30.3 Å². The molecule has 0 aromatic heterocycles. The number of unbranched alkanes of at least 4 members (excludes halogenated alkanes) is 24. The minimum Gasteiger partial charge on any atom is -0.489 e. The molecule has 0 aliphatic rings. The van der Waals surface area contributed by atoms with Crippen molar-refractivity contribution in [3.63, 3.8) is 0 Å². The lowest BCUT2D eigenvalue weighted by molar-refractivity contribution is -0.138. The van der Waals surface area contributed by atoms with E-state index in [1.165, 1.54) is 96.3 Å². The first-order valence-corrected chi connectivity index (χ1v) is 26.3. The highest BCUT2D eigenvalue weighted by atomic mass is 16.6. The highest BCUT2D eigenvalue weighted by Crippen LogP contribution is 2.41. The zero-order valence-electron chi connectivity index (χ0n) is 41.4. The van der Waals surface area contributed by atoms with Crippen molar-refractivity contribution in [2.75, 3.05) is 0 Å². The van der Waals surface area contributed by atoms with Crippen LogP contribution in [0.15, 0.2) is 60.7 Å². The highest BCUT2D eigenvalue weighted by molar-refractivity contribution is 6.01. The lowest BCUT2D eigenvalue weighted by Crippen LogP contribution is -2.15. The molecule has 0 aliphatic heterocycles. The van der Waals surface area contributed by atoms with Gasteiger partial charge in [-0.25, -0.2) is 4.79 Å². The third-order valence-electron chi connectivity index (χ3n) is 12.6. The first kappa shape index (κ1) is 54.7. The Morgan fingerprint density at radius 3 is 1.19 bits per heavy atom. The van der Waals surface area contributed by atoms with Crippen LogP contribution in [0.3, 0.4) is 0 Å². The molecule has 368 valence electrons. The number of carboxylic acid groups (broad SMARTS) is 1. The number of carbonyl (C=O) groups excluding carboxylic acids is 3. The average molecular weight is 923 g/mol. The molecule has 0 radical (unpaired) electrons. The molecule has 0 saturated carbocycles. The minimum atomic E-state index is -0.973. The maximum Gasteiger partial charge on any atom is 0.335 e. The predicted molar refractivity (Wildman–Crippen MR) is 272 cm³/mol. The SMILES string of the molecule is CCCCCCCCCCCC(=O)Oc1cc(COc2ccc3cc4cc(C(=O)O)ccc4cc3c2)cc(OC(=O)CCCCCCCCCCC)c1OC(=O)CCCCCCCCCCC. The molecule has 4 aromatic carbocycles. The maximum atomic E-state index is 13.5. The molecule has 9 heteroatoms. The second kappa shape index (κ2) is 32.7. The fourth-order valence-corrected chi connectivity index (χ4v) is 8.58. The summed E-state index contributed by atoms with van der Waals surface area (Å²) in [5.41, 5.74) is 0.795. The average Bonchev–Trinajstić information content (AvgIpc) is 3.31. The van der Waals surface area contributed by atoms with Crippen LogP contribution in [0.5, 0.6) is 23.0 Å². The number of carbonyl (C=O) groups is 4. The summed E-state index contributed by atoms with van der Waals surface area (Å²) in [4.78, 5) is 52.0. The van der Waals surface area contributed by atoms with E-state index in [0.29, 0.717) is 30.6 Å². The molecule has 1 N–H and O–H groups in total. The highest BCUT2D eigenvalue weighted by Gasteiger charge is 2.23. The first-order valence-electron chi connectivity index (χ1n) is 26.3. The van der Waals surface area contributed by atoms with Gasteiger partial charge in [0.25, 0.3) is 0 Å². The van der Waals surface area contributed by atoms with Gasteiger partial charge in [0.1, 0.15) is 12.4 Å². The van der Waals surface area contributed by atoms with Crippen LogP contribution in [-0.2, 0) is 21.0 Å². The molecule has 0 bridgehead atoms. The Bertz CT molecular complexity index is 2030. The largest absolute Gasteiger partial charge is 0.489 e. The zero-order valence-corrected chi connectivity index (χ0v) is 41.4. The van der Waals surface area contributed by atoms with Crippen molar-refractivity contribution in [3.8, 4) is 23.0 Å². The Morgan fingerprint density at radius 2 is 0.776 bits per heavy atom. The van der Waals surface area contributed by atoms with Crippen LogP contribution in [0.1, 0.15) is 229 Å². The van der Waals surface area contributed by atoms with Gasteiger partial charge in [0.2, 0.25) is 5.75 Å². The Kier molecular flexibility index (Phi) is 26.7. The van der Waals surface area contributed by atoms with Crippen molar-refractivity contribution in [3.05, 3.63) is 71.8 Å². The number of ether oxygens (including phenoxy) is 4. The van der Waals surface area contributed by atoms with Gasteiger partial charge < -0.3 is 24.1 Å². The van der Waals surface area contributed by atoms with E-state index >= 15 is 0 Å². The van der Waals surface area contributed by atoms with E-state index in [4.69, 9.17) is 18.9 Å². The lowest BCUT2D eigenvalue weighted by Gasteiger charge is -2.17. The summed E-state index contributed by atoms with van der Waals surface area (Å²) in [5.74, 6) is -1.75.